The van der Waals surface area contributed by atoms with Gasteiger partial charge in [-0.3, -0.25) is 14.2 Å². The second-order valence-electron chi connectivity index (χ2n) is 6.95. The zero-order chi connectivity index (χ0) is 21.3. The monoisotopic (exact) mass is 405 g/mol. The van der Waals surface area contributed by atoms with Crippen LogP contribution in [0.4, 0.5) is 4.39 Å². The first-order valence-corrected chi connectivity index (χ1v) is 9.34. The number of rotatable bonds is 3. The van der Waals surface area contributed by atoms with Gasteiger partial charge in [0.15, 0.2) is 17.3 Å². The maximum absolute atomic E-state index is 14.7. The molecule has 1 atom stereocenters. The molecule has 1 aliphatic rings. The first-order chi connectivity index (χ1) is 14.4. The zero-order valence-corrected chi connectivity index (χ0v) is 16.6. The molecule has 30 heavy (non-hydrogen) atoms. The maximum Gasteiger partial charge on any atom is 0.230 e. The van der Waals surface area contributed by atoms with Gasteiger partial charge in [0.05, 0.1) is 23.8 Å². The van der Waals surface area contributed by atoms with Crippen LogP contribution in [0.2, 0.25) is 0 Å². The third-order valence-corrected chi connectivity index (χ3v) is 4.75. The molecule has 1 aliphatic heterocycles. The van der Waals surface area contributed by atoms with E-state index in [0.717, 1.165) is 0 Å². The van der Waals surface area contributed by atoms with E-state index in [1.54, 1.807) is 58.3 Å². The molecule has 0 N–H and O–H groups in total. The van der Waals surface area contributed by atoms with E-state index in [9.17, 15) is 9.18 Å². The van der Waals surface area contributed by atoms with Crippen LogP contribution in [0.3, 0.4) is 0 Å². The van der Waals surface area contributed by atoms with E-state index in [2.05, 4.69) is 26.8 Å². The van der Waals surface area contributed by atoms with E-state index in [1.165, 1.54) is 11.0 Å². The summed E-state index contributed by atoms with van der Waals surface area (Å²) >= 11 is 0. The van der Waals surface area contributed by atoms with E-state index in [4.69, 9.17) is 0 Å². The molecule has 1 amide bonds. The van der Waals surface area contributed by atoms with Crippen molar-refractivity contribution in [3.8, 4) is 11.3 Å². The van der Waals surface area contributed by atoms with E-state index in [0.29, 0.717) is 22.8 Å². The van der Waals surface area contributed by atoms with Gasteiger partial charge >= 0.3 is 0 Å². The Kier molecular flexibility index (Phi) is 5.09. The minimum absolute atomic E-state index is 0.0860. The predicted molar refractivity (Wildman–Crippen MR) is 111 cm³/mol. The van der Waals surface area contributed by atoms with Crippen molar-refractivity contribution < 1.29 is 9.18 Å². The molecule has 0 radical (unpaired) electrons. The fraction of sp³-hybridized carbons (Fsp3) is 0.190. The van der Waals surface area contributed by atoms with Crippen LogP contribution >= 0.6 is 0 Å². The van der Waals surface area contributed by atoms with E-state index in [1.807, 2.05) is 14.0 Å². The van der Waals surface area contributed by atoms with Crippen molar-refractivity contribution in [2.24, 2.45) is 12.0 Å². The van der Waals surface area contributed by atoms with Gasteiger partial charge in [-0.05, 0) is 25.1 Å². The predicted octanol–water partition coefficient (Wildman–Crippen LogP) is 3.22. The molecule has 0 saturated carbocycles. The number of allylic oxidation sites excluding steroid dienone is 2. The van der Waals surface area contributed by atoms with Gasteiger partial charge in [-0.1, -0.05) is 12.7 Å². The molecule has 0 aliphatic carbocycles. The van der Waals surface area contributed by atoms with Crippen molar-refractivity contribution in [1.29, 1.82) is 0 Å². The summed E-state index contributed by atoms with van der Waals surface area (Å²) in [5.74, 6) is -0.233. The number of nitrogens with zero attached hydrogens (tertiary/aromatic N) is 7. The Labute approximate surface area is 172 Å². The van der Waals surface area contributed by atoms with Crippen LogP contribution in [-0.4, -0.2) is 41.2 Å². The molecule has 152 valence electrons. The molecule has 4 heterocycles. The first kappa shape index (κ1) is 19.4. The number of aryl methyl sites for hydroxylation is 1. The molecule has 0 bridgehead atoms. The summed E-state index contributed by atoms with van der Waals surface area (Å²) in [4.78, 5) is 22.7. The Morgan fingerprint density at radius 3 is 2.87 bits per heavy atom. The number of carbonyl (C=O) groups is 1. The number of amides is 1. The lowest BCUT2D eigenvalue weighted by atomic mass is 10.2. The standard InChI is InChI=1S/C21H20FN7O/c1-14-7-9-28(19(30)6-4-5-8-23-14)15(2)20-25-26-21-17(22)10-16(11-29(20)21)18-12-27(3)13-24-18/h4-5,7-13,15H,1,6H2,2-3H3/b5-4-,9-7-,23-8-/t15-/m0/s1. The second kappa shape index (κ2) is 7.86. The Hall–Kier alpha value is -3.88. The van der Waals surface area contributed by atoms with E-state index < -0.39 is 11.9 Å². The van der Waals surface area contributed by atoms with Gasteiger partial charge in [0.1, 0.15) is 0 Å². The van der Waals surface area contributed by atoms with Crippen LogP contribution in [-0.2, 0) is 11.8 Å². The van der Waals surface area contributed by atoms with Gasteiger partial charge in [0.25, 0.3) is 0 Å². The van der Waals surface area contributed by atoms with Gasteiger partial charge < -0.3 is 9.47 Å². The third kappa shape index (κ3) is 3.69. The van der Waals surface area contributed by atoms with Gasteiger partial charge in [-0.15, -0.1) is 10.2 Å². The normalized spacial score (nSPS) is 19.1. The highest BCUT2D eigenvalue weighted by molar-refractivity contribution is 5.81. The van der Waals surface area contributed by atoms with E-state index in [-0.39, 0.29) is 18.0 Å². The molecule has 0 aromatic carbocycles. The molecule has 0 unspecified atom stereocenters. The summed E-state index contributed by atoms with van der Waals surface area (Å²) in [5, 5.41) is 8.16. The number of carbonyl (C=O) groups excluding carboxylic acids is 1. The van der Waals surface area contributed by atoms with Crippen molar-refractivity contribution in [3.05, 3.63) is 73.1 Å². The summed E-state index contributed by atoms with van der Waals surface area (Å²) < 4.78 is 18.1. The molecule has 0 fully saturated rings. The van der Waals surface area contributed by atoms with Crippen molar-refractivity contribution >= 4 is 17.8 Å². The average Bonchev–Trinajstić information content (AvgIpc) is 3.34. The lowest BCUT2D eigenvalue weighted by Gasteiger charge is -2.24. The summed E-state index contributed by atoms with van der Waals surface area (Å²) in [6, 6.07) is 0.870. The van der Waals surface area contributed by atoms with Crippen molar-refractivity contribution in [2.45, 2.75) is 19.4 Å². The van der Waals surface area contributed by atoms with E-state index >= 15 is 0 Å². The summed E-state index contributed by atoms with van der Waals surface area (Å²) in [6.07, 6.45) is 13.6. The molecule has 3 aromatic rings. The fourth-order valence-corrected chi connectivity index (χ4v) is 3.19. The Bertz CT molecular complexity index is 1220. The Balaban J connectivity index is 1.77. The average molecular weight is 405 g/mol. The molecule has 0 saturated heterocycles. The lowest BCUT2D eigenvalue weighted by molar-refractivity contribution is -0.129. The van der Waals surface area contributed by atoms with Crippen molar-refractivity contribution in [3.63, 3.8) is 0 Å². The quantitative estimate of drug-likeness (QED) is 0.670. The largest absolute Gasteiger partial charge is 0.340 e. The second-order valence-corrected chi connectivity index (χ2v) is 6.95. The summed E-state index contributed by atoms with van der Waals surface area (Å²) in [5.41, 5.74) is 1.80. The lowest BCUT2D eigenvalue weighted by Crippen LogP contribution is -2.29. The van der Waals surface area contributed by atoms with Crippen molar-refractivity contribution in [2.75, 3.05) is 0 Å². The van der Waals surface area contributed by atoms with Gasteiger partial charge in [-0.25, -0.2) is 9.37 Å². The van der Waals surface area contributed by atoms with Crippen LogP contribution in [0.25, 0.3) is 16.9 Å². The number of fused-ring (bicyclic) bond motifs is 1. The number of aliphatic imine (C=N–C) groups is 1. The highest BCUT2D eigenvalue weighted by Gasteiger charge is 2.25. The van der Waals surface area contributed by atoms with Crippen LogP contribution in [0.15, 0.2) is 66.5 Å². The minimum Gasteiger partial charge on any atom is -0.340 e. The SMILES string of the molecule is C=C1/C=C\N([C@@H](C)c2nnc3c(F)cc(-c4cn(C)cn4)cn23)C(=O)C/C=C\C=N/1. The fourth-order valence-electron chi connectivity index (χ4n) is 3.19. The summed E-state index contributed by atoms with van der Waals surface area (Å²) in [7, 11) is 1.84. The number of hydrogen-bond donors (Lipinski definition) is 0. The molecule has 0 spiro atoms. The highest BCUT2D eigenvalue weighted by Crippen LogP contribution is 2.26. The highest BCUT2D eigenvalue weighted by atomic mass is 19.1. The summed E-state index contributed by atoms with van der Waals surface area (Å²) in [6.45, 7) is 5.64. The van der Waals surface area contributed by atoms with Gasteiger partial charge in [0, 0.05) is 43.8 Å². The molecule has 3 aromatic heterocycles. The van der Waals surface area contributed by atoms with Crippen molar-refractivity contribution in [1.82, 2.24) is 29.0 Å². The van der Waals surface area contributed by atoms with Crippen LogP contribution < -0.4 is 0 Å². The first-order valence-electron chi connectivity index (χ1n) is 9.34. The molecular formula is C21H20FN7O. The molecule has 9 heteroatoms. The Morgan fingerprint density at radius 1 is 1.27 bits per heavy atom. The minimum atomic E-state index is -0.516. The van der Waals surface area contributed by atoms with Crippen LogP contribution in [0.5, 0.6) is 0 Å². The smallest absolute Gasteiger partial charge is 0.230 e. The number of hydrogen-bond acceptors (Lipinski definition) is 5. The zero-order valence-electron chi connectivity index (χ0n) is 16.6. The number of imidazole rings is 1. The number of pyridine rings is 1. The van der Waals surface area contributed by atoms with Crippen LogP contribution in [0, 0.1) is 5.82 Å². The topological polar surface area (TPSA) is 80.7 Å². The maximum atomic E-state index is 14.7. The molecule has 8 nitrogen and oxygen atoms in total. The number of aromatic nitrogens is 5. The Morgan fingerprint density at radius 2 is 2.10 bits per heavy atom. The number of halogens is 1. The third-order valence-electron chi connectivity index (χ3n) is 4.75. The van der Waals surface area contributed by atoms with Gasteiger partial charge in [0.2, 0.25) is 5.91 Å². The molecular weight excluding hydrogens is 385 g/mol. The van der Waals surface area contributed by atoms with Gasteiger partial charge in [-0.2, -0.15) is 0 Å². The molecule has 4 rings (SSSR count). The van der Waals surface area contributed by atoms with Crippen LogP contribution in [0.1, 0.15) is 25.2 Å².